The van der Waals surface area contributed by atoms with Crippen molar-refractivity contribution < 1.29 is 9.53 Å². The van der Waals surface area contributed by atoms with E-state index in [1.54, 1.807) is 18.2 Å². The number of hydrogen-bond acceptors (Lipinski definition) is 4. The number of aryl methyl sites for hydroxylation is 2. The first kappa shape index (κ1) is 19.1. The molecule has 0 radical (unpaired) electrons. The quantitative estimate of drug-likeness (QED) is 0.668. The third kappa shape index (κ3) is 4.03. The summed E-state index contributed by atoms with van der Waals surface area (Å²) in [5, 5.41) is 3.45. The summed E-state index contributed by atoms with van der Waals surface area (Å²) in [5.74, 6) is -0.165. The molecule has 0 aliphatic heterocycles. The Morgan fingerprint density at radius 3 is 2.33 bits per heavy atom. The van der Waals surface area contributed by atoms with Gasteiger partial charge in [0.1, 0.15) is 0 Å². The number of halogens is 1. The lowest BCUT2D eigenvalue weighted by Gasteiger charge is -2.15. The molecular weight excluding hydrogens is 362 g/mol. The molecule has 3 rings (SSSR count). The summed E-state index contributed by atoms with van der Waals surface area (Å²) in [4.78, 5) is 22.0. The highest BCUT2D eigenvalue weighted by Gasteiger charge is 2.20. The summed E-state index contributed by atoms with van der Waals surface area (Å²) in [6.45, 7) is 9.64. The average molecular weight is 384 g/mol. The molecule has 0 bridgehead atoms. The highest BCUT2D eigenvalue weighted by atomic mass is 35.5. The number of aromatic nitrogens is 2. The van der Waals surface area contributed by atoms with Crippen molar-refractivity contribution in [3.63, 3.8) is 0 Å². The van der Waals surface area contributed by atoms with E-state index in [1.165, 1.54) is 0 Å². The number of amides is 1. The van der Waals surface area contributed by atoms with Crippen LogP contribution >= 0.6 is 11.6 Å². The molecule has 0 fully saturated rings. The van der Waals surface area contributed by atoms with Crippen LogP contribution in [0.3, 0.4) is 0 Å². The summed E-state index contributed by atoms with van der Waals surface area (Å²) in [5.41, 5.74) is 5.12. The number of rotatable bonds is 4. The van der Waals surface area contributed by atoms with Gasteiger partial charge in [-0.05, 0) is 75.6 Å². The molecule has 1 amide bonds. The van der Waals surface area contributed by atoms with Crippen LogP contribution in [0.15, 0.2) is 30.3 Å². The van der Waals surface area contributed by atoms with Gasteiger partial charge >= 0.3 is 0 Å². The lowest BCUT2D eigenvalue weighted by molar-refractivity contribution is 0.101. The van der Waals surface area contributed by atoms with Gasteiger partial charge in [0.2, 0.25) is 5.88 Å². The summed E-state index contributed by atoms with van der Waals surface area (Å²) >= 11 is 6.15. The van der Waals surface area contributed by atoms with E-state index >= 15 is 0 Å². The number of nitrogens with zero attached hydrogens (tertiary/aromatic N) is 2. The van der Waals surface area contributed by atoms with E-state index in [4.69, 9.17) is 16.3 Å². The minimum atomic E-state index is -0.386. The van der Waals surface area contributed by atoms with E-state index in [0.29, 0.717) is 21.7 Å². The summed E-state index contributed by atoms with van der Waals surface area (Å²) < 4.78 is 5.78. The maximum absolute atomic E-state index is 12.9. The zero-order chi connectivity index (χ0) is 19.7. The molecule has 0 saturated carbocycles. The van der Waals surface area contributed by atoms with Crippen LogP contribution < -0.4 is 10.1 Å². The molecule has 1 heterocycles. The zero-order valence-corrected chi connectivity index (χ0v) is 16.8. The third-order valence-electron chi connectivity index (χ3n) is 4.33. The fraction of sp³-hybridized carbons (Fsp3) is 0.286. The Kier molecular flexibility index (Phi) is 5.33. The number of carbonyl (C=O) groups is 1. The minimum Gasteiger partial charge on any atom is -0.473 e. The smallest absolute Gasteiger partial charge is 0.279 e. The number of fused-ring (bicyclic) bond motifs is 1. The number of benzene rings is 2. The van der Waals surface area contributed by atoms with Gasteiger partial charge in [0, 0.05) is 10.7 Å². The Bertz CT molecular complexity index is 1030. The fourth-order valence-electron chi connectivity index (χ4n) is 2.67. The number of hydrogen-bond donors (Lipinski definition) is 1. The molecule has 0 saturated heterocycles. The molecule has 1 N–H and O–H groups in total. The normalized spacial score (nSPS) is 11.1. The summed E-state index contributed by atoms with van der Waals surface area (Å²) in [7, 11) is 0. The molecule has 0 spiro atoms. The van der Waals surface area contributed by atoms with Gasteiger partial charge in [-0.3, -0.25) is 4.79 Å². The van der Waals surface area contributed by atoms with E-state index < -0.39 is 0 Å². The van der Waals surface area contributed by atoms with Gasteiger partial charge in [0.05, 0.1) is 17.1 Å². The molecule has 0 unspecified atom stereocenters. The van der Waals surface area contributed by atoms with Crippen molar-refractivity contribution in [2.24, 2.45) is 0 Å². The Hall–Kier alpha value is -2.66. The fourth-order valence-corrected chi connectivity index (χ4v) is 2.85. The molecule has 6 heteroatoms. The first-order valence-corrected chi connectivity index (χ1v) is 9.16. The van der Waals surface area contributed by atoms with E-state index in [1.807, 2.05) is 46.8 Å². The molecule has 140 valence electrons. The third-order valence-corrected chi connectivity index (χ3v) is 4.74. The number of carbonyl (C=O) groups excluding carboxylic acids is 1. The van der Waals surface area contributed by atoms with Crippen molar-refractivity contribution in [1.82, 2.24) is 9.97 Å². The number of nitrogens with one attached hydrogen (secondary N) is 1. The van der Waals surface area contributed by atoms with Crippen LogP contribution in [0, 0.1) is 20.8 Å². The van der Waals surface area contributed by atoms with Crippen LogP contribution in [0.5, 0.6) is 5.88 Å². The van der Waals surface area contributed by atoms with Crippen molar-refractivity contribution in [3.05, 3.63) is 57.7 Å². The second-order valence-electron chi connectivity index (χ2n) is 6.84. The Balaban J connectivity index is 2.08. The average Bonchev–Trinajstić information content (AvgIpc) is 2.59. The van der Waals surface area contributed by atoms with Gasteiger partial charge in [-0.25, -0.2) is 9.97 Å². The molecule has 27 heavy (non-hydrogen) atoms. The van der Waals surface area contributed by atoms with Crippen LogP contribution in [-0.4, -0.2) is 22.0 Å². The van der Waals surface area contributed by atoms with Gasteiger partial charge in [-0.2, -0.15) is 0 Å². The van der Waals surface area contributed by atoms with Crippen molar-refractivity contribution in [1.29, 1.82) is 0 Å². The lowest BCUT2D eigenvalue weighted by atomic mass is 10.1. The van der Waals surface area contributed by atoms with Crippen LogP contribution in [-0.2, 0) is 0 Å². The second-order valence-corrected chi connectivity index (χ2v) is 7.24. The van der Waals surface area contributed by atoms with Gasteiger partial charge in [-0.1, -0.05) is 17.7 Å². The highest BCUT2D eigenvalue weighted by Crippen LogP contribution is 2.26. The first-order chi connectivity index (χ1) is 12.8. The van der Waals surface area contributed by atoms with Gasteiger partial charge in [-0.15, -0.1) is 0 Å². The van der Waals surface area contributed by atoms with Gasteiger partial charge < -0.3 is 10.1 Å². The Morgan fingerprint density at radius 2 is 1.70 bits per heavy atom. The van der Waals surface area contributed by atoms with Crippen molar-refractivity contribution in [2.75, 3.05) is 5.32 Å². The second kappa shape index (κ2) is 7.53. The first-order valence-electron chi connectivity index (χ1n) is 8.78. The number of ether oxygens (including phenoxy) is 1. The maximum Gasteiger partial charge on any atom is 0.279 e. The topological polar surface area (TPSA) is 64.1 Å². The predicted octanol–water partition coefficient (Wildman–Crippen LogP) is 5.25. The SMILES string of the molecule is Cc1cc2nc(OC(C)C)c(C(=O)Nc3cccc(Cl)c3C)nc2cc1C. The van der Waals surface area contributed by atoms with E-state index in [-0.39, 0.29) is 23.6 Å². The van der Waals surface area contributed by atoms with Gasteiger partial charge in [0.25, 0.3) is 5.91 Å². The molecule has 1 aromatic heterocycles. The molecular formula is C21H22ClN3O2. The zero-order valence-electron chi connectivity index (χ0n) is 16.1. The van der Waals surface area contributed by atoms with Crippen LogP contribution in [0.2, 0.25) is 5.02 Å². The number of anilines is 1. The monoisotopic (exact) mass is 383 g/mol. The van der Waals surface area contributed by atoms with Crippen molar-refractivity contribution >= 4 is 34.2 Å². The maximum atomic E-state index is 12.9. The van der Waals surface area contributed by atoms with E-state index in [0.717, 1.165) is 16.7 Å². The predicted molar refractivity (Wildman–Crippen MR) is 109 cm³/mol. The van der Waals surface area contributed by atoms with Crippen molar-refractivity contribution in [3.8, 4) is 5.88 Å². The molecule has 3 aromatic rings. The van der Waals surface area contributed by atoms with Crippen LogP contribution in [0.4, 0.5) is 5.69 Å². The van der Waals surface area contributed by atoms with Gasteiger partial charge in [0.15, 0.2) is 5.69 Å². The lowest BCUT2D eigenvalue weighted by Crippen LogP contribution is -2.19. The molecule has 0 aliphatic carbocycles. The summed E-state index contributed by atoms with van der Waals surface area (Å²) in [6.07, 6.45) is -0.136. The molecule has 0 aliphatic rings. The van der Waals surface area contributed by atoms with Crippen molar-refractivity contribution in [2.45, 2.75) is 40.7 Å². The van der Waals surface area contributed by atoms with Crippen LogP contribution in [0.25, 0.3) is 11.0 Å². The van der Waals surface area contributed by atoms with E-state index in [9.17, 15) is 4.79 Å². The highest BCUT2D eigenvalue weighted by molar-refractivity contribution is 6.31. The molecule has 5 nitrogen and oxygen atoms in total. The summed E-state index contributed by atoms with van der Waals surface area (Å²) in [6, 6.07) is 9.24. The molecule has 0 atom stereocenters. The largest absolute Gasteiger partial charge is 0.473 e. The van der Waals surface area contributed by atoms with E-state index in [2.05, 4.69) is 15.3 Å². The molecule has 2 aromatic carbocycles. The Morgan fingerprint density at radius 1 is 1.07 bits per heavy atom. The van der Waals surface area contributed by atoms with Crippen LogP contribution in [0.1, 0.15) is 41.0 Å². The Labute approximate surface area is 163 Å². The minimum absolute atomic E-state index is 0.136. The standard InChI is InChI=1S/C21H22ClN3O2/c1-11(2)27-21-19(20(26)24-16-8-6-7-15(22)14(16)5)23-17-9-12(3)13(4)10-18(17)25-21/h6-11H,1-5H3,(H,24,26).